The van der Waals surface area contributed by atoms with Crippen molar-refractivity contribution in [1.82, 2.24) is 9.55 Å². The minimum Gasteiger partial charge on any atom is -0.337 e. The number of hydrogen-bond acceptors (Lipinski definition) is 1. The van der Waals surface area contributed by atoms with Crippen molar-refractivity contribution in [1.29, 1.82) is 0 Å². The van der Waals surface area contributed by atoms with E-state index in [-0.39, 0.29) is 5.41 Å². The molecule has 3 heteroatoms. The van der Waals surface area contributed by atoms with Crippen LogP contribution in [0.5, 0.6) is 0 Å². The lowest BCUT2D eigenvalue weighted by atomic mass is 9.92. The van der Waals surface area contributed by atoms with Crippen molar-refractivity contribution in [3.8, 4) is 0 Å². The van der Waals surface area contributed by atoms with Crippen LogP contribution in [0.15, 0.2) is 6.20 Å². The monoisotopic (exact) mass is 212 g/mol. The first-order chi connectivity index (χ1) is 6.38. The second-order valence-corrected chi connectivity index (χ2v) is 5.24. The molecular weight excluding hydrogens is 192 g/mol. The molecule has 0 bridgehead atoms. The first-order valence-electron chi connectivity index (χ1n) is 5.18. The quantitative estimate of drug-likeness (QED) is 0.739. The predicted molar refractivity (Wildman–Crippen MR) is 63.3 cm³/mol. The maximum absolute atomic E-state index is 5.29. The van der Waals surface area contributed by atoms with Gasteiger partial charge in [-0.2, -0.15) is 0 Å². The summed E-state index contributed by atoms with van der Waals surface area (Å²) in [5, 5.41) is 0. The van der Waals surface area contributed by atoms with E-state index in [0.29, 0.717) is 6.04 Å². The second-order valence-electron chi connectivity index (χ2n) is 4.86. The number of nitrogens with one attached hydrogen (secondary N) is 1. The maximum Gasteiger partial charge on any atom is 0.177 e. The molecule has 80 valence electrons. The summed E-state index contributed by atoms with van der Waals surface area (Å²) in [4.78, 5) is 3.14. The molecule has 1 N–H and O–H groups in total. The Morgan fingerprint density at radius 2 is 2.07 bits per heavy atom. The van der Waals surface area contributed by atoms with Crippen LogP contribution in [0, 0.1) is 4.77 Å². The van der Waals surface area contributed by atoms with Crippen LogP contribution in [0.4, 0.5) is 0 Å². The van der Waals surface area contributed by atoms with E-state index in [1.807, 2.05) is 6.20 Å². The van der Waals surface area contributed by atoms with Gasteiger partial charge in [0.1, 0.15) is 0 Å². The van der Waals surface area contributed by atoms with Crippen LogP contribution in [0.1, 0.15) is 52.8 Å². The summed E-state index contributed by atoms with van der Waals surface area (Å²) in [6.07, 6.45) is 3.14. The summed E-state index contributed by atoms with van der Waals surface area (Å²) in [6, 6.07) is 0.475. The Balaban J connectivity index is 3.27. The van der Waals surface area contributed by atoms with Gasteiger partial charge in [-0.25, -0.2) is 0 Å². The van der Waals surface area contributed by atoms with Gasteiger partial charge in [-0.3, -0.25) is 0 Å². The van der Waals surface area contributed by atoms with Gasteiger partial charge in [0, 0.05) is 23.3 Å². The zero-order valence-corrected chi connectivity index (χ0v) is 10.5. The van der Waals surface area contributed by atoms with Crippen molar-refractivity contribution in [2.24, 2.45) is 0 Å². The molecule has 0 aromatic carbocycles. The minimum atomic E-state index is 0.150. The lowest BCUT2D eigenvalue weighted by Crippen LogP contribution is -2.19. The number of rotatable bonds is 2. The number of nitrogens with zero attached hydrogens (tertiary/aromatic N) is 1. The Hall–Kier alpha value is -0.570. The fourth-order valence-electron chi connectivity index (χ4n) is 1.58. The Morgan fingerprint density at radius 1 is 1.50 bits per heavy atom. The number of H-pyrrole nitrogens is 1. The SMILES string of the molecule is CCC(C)n1c(C(C)(C)C)c[nH]c1=S. The van der Waals surface area contributed by atoms with E-state index in [1.54, 1.807) is 0 Å². The molecule has 1 unspecified atom stereocenters. The Kier molecular flexibility index (Phi) is 3.20. The van der Waals surface area contributed by atoms with E-state index in [2.05, 4.69) is 44.2 Å². The third-order valence-corrected chi connectivity index (χ3v) is 2.93. The van der Waals surface area contributed by atoms with E-state index < -0.39 is 0 Å². The van der Waals surface area contributed by atoms with E-state index in [9.17, 15) is 0 Å². The highest BCUT2D eigenvalue weighted by Crippen LogP contribution is 2.26. The zero-order valence-electron chi connectivity index (χ0n) is 9.72. The lowest BCUT2D eigenvalue weighted by Gasteiger charge is -2.23. The van der Waals surface area contributed by atoms with Crippen LogP contribution in [0.2, 0.25) is 0 Å². The summed E-state index contributed by atoms with van der Waals surface area (Å²) in [6.45, 7) is 11.0. The standard InChI is InChI=1S/C11H20N2S/c1-6-8(2)13-9(11(3,4)5)7-12-10(13)14/h7-8H,6H2,1-5H3,(H,12,14). The van der Waals surface area contributed by atoms with Crippen molar-refractivity contribution < 1.29 is 0 Å². The molecule has 0 saturated carbocycles. The number of hydrogen-bond donors (Lipinski definition) is 1. The van der Waals surface area contributed by atoms with Gasteiger partial charge in [-0.05, 0) is 25.6 Å². The van der Waals surface area contributed by atoms with E-state index >= 15 is 0 Å². The van der Waals surface area contributed by atoms with Crippen LogP contribution in [0.3, 0.4) is 0 Å². The molecule has 1 atom stereocenters. The van der Waals surface area contributed by atoms with Gasteiger partial charge in [-0.15, -0.1) is 0 Å². The van der Waals surface area contributed by atoms with Crippen LogP contribution in [-0.2, 0) is 5.41 Å². The van der Waals surface area contributed by atoms with Gasteiger partial charge in [0.05, 0.1) is 0 Å². The Morgan fingerprint density at radius 3 is 2.50 bits per heavy atom. The fourth-order valence-corrected chi connectivity index (χ4v) is 1.91. The first-order valence-corrected chi connectivity index (χ1v) is 5.59. The molecule has 0 spiro atoms. The Labute approximate surface area is 91.3 Å². The van der Waals surface area contributed by atoms with Crippen molar-refractivity contribution in [3.63, 3.8) is 0 Å². The topological polar surface area (TPSA) is 20.7 Å². The highest BCUT2D eigenvalue weighted by atomic mass is 32.1. The largest absolute Gasteiger partial charge is 0.337 e. The van der Waals surface area contributed by atoms with Gasteiger partial charge in [-0.1, -0.05) is 27.7 Å². The van der Waals surface area contributed by atoms with Crippen LogP contribution >= 0.6 is 12.2 Å². The summed E-state index contributed by atoms with van der Waals surface area (Å²) < 4.78 is 3.07. The third-order valence-electron chi connectivity index (χ3n) is 2.61. The van der Waals surface area contributed by atoms with Gasteiger partial charge >= 0.3 is 0 Å². The normalized spacial score (nSPS) is 14.4. The highest BCUT2D eigenvalue weighted by Gasteiger charge is 2.20. The van der Waals surface area contributed by atoms with Crippen molar-refractivity contribution in [2.45, 2.75) is 52.5 Å². The van der Waals surface area contributed by atoms with Gasteiger partial charge < -0.3 is 9.55 Å². The minimum absolute atomic E-state index is 0.150. The van der Waals surface area contributed by atoms with Crippen LogP contribution < -0.4 is 0 Å². The zero-order chi connectivity index (χ0) is 10.9. The number of aromatic nitrogens is 2. The van der Waals surface area contributed by atoms with E-state index in [1.165, 1.54) is 5.69 Å². The molecule has 1 heterocycles. The molecule has 0 amide bonds. The average Bonchev–Trinajstić information content (AvgIpc) is 2.45. The second kappa shape index (κ2) is 3.89. The molecule has 0 aliphatic carbocycles. The molecule has 0 fully saturated rings. The van der Waals surface area contributed by atoms with Crippen LogP contribution in [0.25, 0.3) is 0 Å². The first kappa shape index (κ1) is 11.5. The molecule has 1 aromatic heterocycles. The molecule has 0 radical (unpaired) electrons. The molecule has 0 aliphatic rings. The fraction of sp³-hybridized carbons (Fsp3) is 0.727. The van der Waals surface area contributed by atoms with Gasteiger partial charge in [0.25, 0.3) is 0 Å². The summed E-state index contributed by atoms with van der Waals surface area (Å²) in [5.74, 6) is 0. The maximum atomic E-state index is 5.29. The molecule has 0 saturated heterocycles. The summed E-state index contributed by atoms with van der Waals surface area (Å²) in [7, 11) is 0. The molecule has 14 heavy (non-hydrogen) atoms. The van der Waals surface area contributed by atoms with Crippen molar-refractivity contribution in [3.05, 3.63) is 16.7 Å². The van der Waals surface area contributed by atoms with Crippen molar-refractivity contribution >= 4 is 12.2 Å². The third kappa shape index (κ3) is 2.08. The predicted octanol–water partition coefficient (Wildman–Crippen LogP) is 3.81. The molecule has 2 nitrogen and oxygen atoms in total. The number of aromatic amines is 1. The average molecular weight is 212 g/mol. The van der Waals surface area contributed by atoms with Crippen molar-refractivity contribution in [2.75, 3.05) is 0 Å². The molecule has 1 rings (SSSR count). The molecule has 0 aliphatic heterocycles. The van der Waals surface area contributed by atoms with E-state index in [0.717, 1.165) is 11.2 Å². The van der Waals surface area contributed by atoms with Crippen LogP contribution in [-0.4, -0.2) is 9.55 Å². The highest BCUT2D eigenvalue weighted by molar-refractivity contribution is 7.71. The summed E-state index contributed by atoms with van der Waals surface area (Å²) >= 11 is 5.29. The summed E-state index contributed by atoms with van der Waals surface area (Å²) in [5.41, 5.74) is 1.44. The lowest BCUT2D eigenvalue weighted by molar-refractivity contribution is 0.452. The smallest absolute Gasteiger partial charge is 0.177 e. The van der Waals surface area contributed by atoms with Gasteiger partial charge in [0.2, 0.25) is 0 Å². The Bertz CT molecular complexity index is 354. The van der Waals surface area contributed by atoms with E-state index in [4.69, 9.17) is 12.2 Å². The van der Waals surface area contributed by atoms with Gasteiger partial charge in [0.15, 0.2) is 4.77 Å². The molecular formula is C11H20N2S. The molecule has 1 aromatic rings. The number of imidazole rings is 1.